The lowest BCUT2D eigenvalue weighted by molar-refractivity contribution is -0.148. The zero-order valence-corrected chi connectivity index (χ0v) is 22.4. The van der Waals surface area contributed by atoms with Crippen LogP contribution in [0.15, 0.2) is 34.8 Å². The van der Waals surface area contributed by atoms with Crippen molar-refractivity contribution in [3.05, 3.63) is 45.9 Å². The van der Waals surface area contributed by atoms with Crippen molar-refractivity contribution < 1.29 is 39.6 Å². The summed E-state index contributed by atoms with van der Waals surface area (Å²) in [7, 11) is 3.14. The predicted molar refractivity (Wildman–Crippen MR) is 142 cm³/mol. The lowest BCUT2D eigenvalue weighted by atomic mass is 9.58. The van der Waals surface area contributed by atoms with Crippen molar-refractivity contribution in [1.82, 2.24) is 15.1 Å². The summed E-state index contributed by atoms with van der Waals surface area (Å²) in [6.45, 7) is 3.47. The SMILES string of the molecule is C[C@H]1CN(C(=O)Nc2ccc3c(c2O)C(=O)C2=C(O)C4(O)C(=O)C(C(N)=O)=C(O)C(N(C)C)C4CC2C3)CCN1. The van der Waals surface area contributed by atoms with Crippen LogP contribution in [0.5, 0.6) is 5.75 Å². The Labute approximate surface area is 229 Å². The molecule has 13 nitrogen and oxygen atoms in total. The number of phenols is 1. The molecule has 1 heterocycles. The molecule has 4 aliphatic rings. The van der Waals surface area contributed by atoms with Crippen LogP contribution in [-0.4, -0.2) is 105 Å². The Kier molecular flexibility index (Phi) is 6.63. The largest absolute Gasteiger partial charge is 0.510 e. The second kappa shape index (κ2) is 9.61. The number of nitrogens with one attached hydrogen (secondary N) is 2. The molecule has 214 valence electrons. The quantitative estimate of drug-likeness (QED) is 0.195. The van der Waals surface area contributed by atoms with Crippen LogP contribution in [0.4, 0.5) is 10.5 Å². The van der Waals surface area contributed by atoms with Crippen LogP contribution in [-0.2, 0) is 16.0 Å². The molecule has 1 fully saturated rings. The van der Waals surface area contributed by atoms with Gasteiger partial charge in [-0.3, -0.25) is 19.3 Å². The molecule has 0 radical (unpaired) electrons. The number of amides is 3. The van der Waals surface area contributed by atoms with Crippen molar-refractivity contribution in [2.75, 3.05) is 39.0 Å². The van der Waals surface area contributed by atoms with Crippen molar-refractivity contribution in [2.45, 2.75) is 37.5 Å². The second-order valence-electron chi connectivity index (χ2n) is 11.2. The van der Waals surface area contributed by atoms with E-state index in [0.717, 1.165) is 0 Å². The van der Waals surface area contributed by atoms with Gasteiger partial charge in [-0.25, -0.2) is 4.79 Å². The average molecular weight is 556 g/mol. The first-order valence-electron chi connectivity index (χ1n) is 13.1. The molecule has 0 spiro atoms. The average Bonchev–Trinajstić information content (AvgIpc) is 2.87. The van der Waals surface area contributed by atoms with E-state index in [1.54, 1.807) is 25.1 Å². The Morgan fingerprint density at radius 2 is 1.90 bits per heavy atom. The highest BCUT2D eigenvalue weighted by Gasteiger charge is 2.63. The number of piperazine rings is 1. The van der Waals surface area contributed by atoms with E-state index in [4.69, 9.17) is 5.73 Å². The number of phenolic OH excluding ortho intramolecular Hbond substituents is 1. The van der Waals surface area contributed by atoms with Crippen LogP contribution in [0.3, 0.4) is 0 Å². The van der Waals surface area contributed by atoms with E-state index in [-0.39, 0.29) is 35.7 Å². The molecular formula is C27H33N5O8. The molecule has 1 aliphatic heterocycles. The first kappa shape index (κ1) is 27.6. The van der Waals surface area contributed by atoms with E-state index in [0.29, 0.717) is 25.2 Å². The maximum Gasteiger partial charge on any atom is 0.322 e. The molecule has 3 amide bonds. The molecule has 5 rings (SSSR count). The number of benzene rings is 1. The maximum atomic E-state index is 13.8. The summed E-state index contributed by atoms with van der Waals surface area (Å²) in [6.07, 6.45) is 0.178. The topological polar surface area (TPSA) is 206 Å². The number of rotatable bonds is 3. The van der Waals surface area contributed by atoms with Crippen molar-refractivity contribution in [3.63, 3.8) is 0 Å². The lowest BCUT2D eigenvalue weighted by Crippen LogP contribution is -2.63. The van der Waals surface area contributed by atoms with Crippen molar-refractivity contribution in [1.29, 1.82) is 0 Å². The number of carbonyl (C=O) groups excluding carboxylic acids is 4. The van der Waals surface area contributed by atoms with Gasteiger partial charge in [0.05, 0.1) is 17.3 Å². The van der Waals surface area contributed by atoms with Crippen LogP contribution >= 0.6 is 0 Å². The summed E-state index contributed by atoms with van der Waals surface area (Å²) in [5, 5.41) is 50.8. The number of urea groups is 1. The van der Waals surface area contributed by atoms with Gasteiger partial charge in [-0.05, 0) is 51.4 Å². The molecule has 4 unspecified atom stereocenters. The highest BCUT2D eigenvalue weighted by molar-refractivity contribution is 6.25. The number of carbonyl (C=O) groups is 4. The predicted octanol–water partition coefficient (Wildman–Crippen LogP) is -0.0538. The minimum absolute atomic E-state index is 0.000455. The van der Waals surface area contributed by atoms with E-state index in [9.17, 15) is 39.6 Å². The van der Waals surface area contributed by atoms with Gasteiger partial charge in [0, 0.05) is 37.2 Å². The highest BCUT2D eigenvalue weighted by Crippen LogP contribution is 2.52. The van der Waals surface area contributed by atoms with Crippen molar-refractivity contribution in [2.24, 2.45) is 17.6 Å². The van der Waals surface area contributed by atoms with Gasteiger partial charge >= 0.3 is 6.03 Å². The fourth-order valence-electron chi connectivity index (χ4n) is 6.64. The number of hydrogen-bond donors (Lipinski definition) is 7. The van der Waals surface area contributed by atoms with Crippen LogP contribution in [0.2, 0.25) is 0 Å². The highest BCUT2D eigenvalue weighted by atomic mass is 16.3. The number of nitrogens with two attached hydrogens (primary N) is 1. The van der Waals surface area contributed by atoms with Crippen molar-refractivity contribution >= 4 is 29.2 Å². The van der Waals surface area contributed by atoms with Gasteiger partial charge < -0.3 is 41.7 Å². The number of nitrogens with zero attached hydrogens (tertiary/aromatic N) is 2. The summed E-state index contributed by atoms with van der Waals surface area (Å²) >= 11 is 0. The summed E-state index contributed by atoms with van der Waals surface area (Å²) in [5.74, 6) is -7.18. The number of ketones is 2. The molecule has 0 bridgehead atoms. The van der Waals surface area contributed by atoms with E-state index < -0.39 is 69.8 Å². The standard InChI is InChI=1S/C27H33N5O8/c1-11-10-32(7-6-29-11)26(39)30-15-5-4-12-8-13-9-14-19(31(2)3)22(35)18(25(28)38)24(37)27(14,40)23(36)17(13)21(34)16(12)20(15)33/h4-5,11,13-14,19,29,33,35-36,40H,6-10H2,1-3H3,(H2,28,38)(H,30,39)/t11-,13?,14?,19?,27?/m0/s1. The summed E-state index contributed by atoms with van der Waals surface area (Å²) in [6, 6.07) is 1.70. The molecule has 40 heavy (non-hydrogen) atoms. The maximum absolute atomic E-state index is 13.8. The number of allylic oxidation sites excluding steroid dienone is 1. The molecule has 1 saturated heterocycles. The first-order valence-corrected chi connectivity index (χ1v) is 13.1. The minimum atomic E-state index is -2.70. The Hall–Kier alpha value is -3.94. The Morgan fingerprint density at radius 3 is 2.52 bits per heavy atom. The summed E-state index contributed by atoms with van der Waals surface area (Å²) < 4.78 is 0. The number of primary amides is 1. The monoisotopic (exact) mass is 555 g/mol. The molecular weight excluding hydrogens is 522 g/mol. The number of hydrogen-bond acceptors (Lipinski definition) is 10. The molecule has 5 atom stereocenters. The fourth-order valence-corrected chi connectivity index (χ4v) is 6.64. The van der Waals surface area contributed by atoms with Gasteiger partial charge in [0.25, 0.3) is 5.91 Å². The third kappa shape index (κ3) is 3.95. The van der Waals surface area contributed by atoms with Gasteiger partial charge in [0.1, 0.15) is 17.1 Å². The number of aliphatic hydroxyl groups excluding tert-OH is 2. The van der Waals surface area contributed by atoms with Crippen LogP contribution in [0.25, 0.3) is 0 Å². The summed E-state index contributed by atoms with van der Waals surface area (Å²) in [4.78, 5) is 55.2. The van der Waals surface area contributed by atoms with Gasteiger partial charge in [0.2, 0.25) is 5.78 Å². The Bertz CT molecular complexity index is 1400. The molecule has 1 aromatic rings. The van der Waals surface area contributed by atoms with E-state index in [1.165, 1.54) is 11.0 Å². The number of Topliss-reactive ketones (excluding diaryl/α,β-unsaturated/α-hetero) is 2. The lowest BCUT2D eigenvalue weighted by Gasteiger charge is -2.50. The fraction of sp³-hybridized carbons (Fsp3) is 0.481. The van der Waals surface area contributed by atoms with Crippen LogP contribution in [0, 0.1) is 11.8 Å². The number of anilines is 1. The summed E-state index contributed by atoms with van der Waals surface area (Å²) in [5.41, 5.74) is 1.84. The zero-order chi connectivity index (χ0) is 29.3. The minimum Gasteiger partial charge on any atom is -0.510 e. The van der Waals surface area contributed by atoms with Crippen LogP contribution in [0.1, 0.15) is 29.3 Å². The third-order valence-electron chi connectivity index (χ3n) is 8.49. The van der Waals surface area contributed by atoms with Gasteiger partial charge in [-0.1, -0.05) is 6.07 Å². The smallest absolute Gasteiger partial charge is 0.322 e. The van der Waals surface area contributed by atoms with E-state index in [1.807, 2.05) is 6.92 Å². The van der Waals surface area contributed by atoms with E-state index >= 15 is 0 Å². The molecule has 8 N–H and O–H groups in total. The number of likely N-dealkylation sites (N-methyl/N-ethyl adjacent to an activating group) is 1. The van der Waals surface area contributed by atoms with Gasteiger partial charge in [-0.15, -0.1) is 0 Å². The normalized spacial score (nSPS) is 30.2. The number of fused-ring (bicyclic) bond motifs is 3. The van der Waals surface area contributed by atoms with Crippen LogP contribution < -0.4 is 16.4 Å². The van der Waals surface area contributed by atoms with Gasteiger partial charge in [-0.2, -0.15) is 0 Å². The van der Waals surface area contributed by atoms with E-state index in [2.05, 4.69) is 10.6 Å². The number of aliphatic hydroxyl groups is 3. The molecule has 3 aliphatic carbocycles. The molecule has 0 aromatic heterocycles. The third-order valence-corrected chi connectivity index (χ3v) is 8.49. The Morgan fingerprint density at radius 1 is 1.20 bits per heavy atom. The second-order valence-corrected chi connectivity index (χ2v) is 11.2. The van der Waals surface area contributed by atoms with Gasteiger partial charge in [0.15, 0.2) is 17.1 Å². The number of aromatic hydroxyl groups is 1. The molecule has 13 heteroatoms. The Balaban J connectivity index is 1.55. The first-order chi connectivity index (χ1) is 18.8. The zero-order valence-electron chi connectivity index (χ0n) is 22.4. The molecule has 1 aromatic carbocycles. The molecule has 0 saturated carbocycles. The van der Waals surface area contributed by atoms with Crippen molar-refractivity contribution in [3.8, 4) is 5.75 Å².